The molecule has 7 rings (SSSR count). The van der Waals surface area contributed by atoms with Gasteiger partial charge in [0, 0.05) is 36.8 Å². The maximum Gasteiger partial charge on any atom is 0.275 e. The van der Waals surface area contributed by atoms with Gasteiger partial charge in [-0.1, -0.05) is 29.8 Å². The van der Waals surface area contributed by atoms with Crippen LogP contribution in [0.15, 0.2) is 76.6 Å². The van der Waals surface area contributed by atoms with Gasteiger partial charge in [-0.15, -0.1) is 0 Å². The summed E-state index contributed by atoms with van der Waals surface area (Å²) < 4.78 is 5.47. The van der Waals surface area contributed by atoms with Gasteiger partial charge < -0.3 is 19.9 Å². The van der Waals surface area contributed by atoms with Crippen molar-refractivity contribution in [2.24, 2.45) is 16.3 Å². The summed E-state index contributed by atoms with van der Waals surface area (Å²) in [6.07, 6.45) is 8.89. The van der Waals surface area contributed by atoms with Crippen LogP contribution in [0.2, 0.25) is 0 Å². The molecule has 1 aromatic heterocycles. The number of pyridine rings is 1. The van der Waals surface area contributed by atoms with Crippen molar-refractivity contribution in [1.29, 1.82) is 0 Å². The van der Waals surface area contributed by atoms with Crippen LogP contribution in [-0.2, 0) is 20.7 Å². The lowest BCUT2D eigenvalue weighted by Crippen LogP contribution is -2.40. The van der Waals surface area contributed by atoms with Crippen LogP contribution in [0, 0.1) is 11.3 Å². The molecule has 0 radical (unpaired) electrons. The number of hydrogen-bond donors (Lipinski definition) is 1. The Balaban J connectivity index is 1.28. The lowest BCUT2D eigenvalue weighted by atomic mass is 9.92. The number of anilines is 2. The Morgan fingerprint density at radius 2 is 2.00 bits per heavy atom. The summed E-state index contributed by atoms with van der Waals surface area (Å²) in [5.74, 6) is 0.724. The maximum absolute atomic E-state index is 14.3. The first-order valence-electron chi connectivity index (χ1n) is 13.7. The summed E-state index contributed by atoms with van der Waals surface area (Å²) in [6.45, 7) is 6.09. The van der Waals surface area contributed by atoms with Crippen LogP contribution < -0.4 is 15.1 Å². The highest BCUT2D eigenvalue weighted by Crippen LogP contribution is 2.68. The van der Waals surface area contributed by atoms with E-state index < -0.39 is 0 Å². The van der Waals surface area contributed by atoms with Gasteiger partial charge in [0.15, 0.2) is 0 Å². The Morgan fingerprint density at radius 1 is 1.15 bits per heavy atom. The number of carbonyl (C=O) groups is 2. The van der Waals surface area contributed by atoms with Crippen molar-refractivity contribution in [1.82, 2.24) is 10.3 Å². The summed E-state index contributed by atoms with van der Waals surface area (Å²) in [7, 11) is 0. The fourth-order valence-electron chi connectivity index (χ4n) is 6.56. The number of benzene rings is 1. The molecule has 0 bridgehead atoms. The Kier molecular flexibility index (Phi) is 5.74. The van der Waals surface area contributed by atoms with Crippen LogP contribution in [0.5, 0.6) is 0 Å². The van der Waals surface area contributed by atoms with Gasteiger partial charge in [-0.3, -0.25) is 14.6 Å². The molecule has 2 amide bonds. The average Bonchev–Trinajstić information content (AvgIpc) is 3.62. The molecule has 198 valence electrons. The average molecular weight is 522 g/mol. The Labute approximate surface area is 227 Å². The van der Waals surface area contributed by atoms with Gasteiger partial charge in [-0.2, -0.15) is 0 Å². The number of aromatic nitrogens is 1. The minimum atomic E-state index is -0.294. The van der Waals surface area contributed by atoms with Crippen LogP contribution in [0.4, 0.5) is 11.5 Å². The topological polar surface area (TPSA) is 87.1 Å². The zero-order valence-electron chi connectivity index (χ0n) is 22.0. The standard InChI is InChI=1S/C31H31N5O3/c1-20-14-21(8-9-32-17-20)29(37)34-28-27-25-5-3-2-4-22(25)15-31(27)16-23(31)19-36(30(28)38)24-6-7-26(33-18-24)35-10-12-39-13-11-35/h2-9,14,18,23H,10-13,15-17,19H2,1H3,(H,34,37). The SMILES string of the molecule is CC1=CC(C(=O)NC2=C3c4ccccc4CC34CC4CN(c3ccc(N4CCOCC4)nc3)C2=O)=CC=NC1. The third kappa shape index (κ3) is 4.10. The number of allylic oxidation sites excluding steroid dienone is 2. The van der Waals surface area contributed by atoms with E-state index in [0.717, 1.165) is 54.1 Å². The summed E-state index contributed by atoms with van der Waals surface area (Å²) in [5, 5.41) is 3.09. The highest BCUT2D eigenvalue weighted by atomic mass is 16.5. The molecule has 8 nitrogen and oxygen atoms in total. The van der Waals surface area contributed by atoms with E-state index in [1.165, 1.54) is 5.56 Å². The highest BCUT2D eigenvalue weighted by Gasteiger charge is 2.63. The van der Waals surface area contributed by atoms with E-state index in [1.54, 1.807) is 18.5 Å². The number of ether oxygens (including phenoxy) is 1. The number of aliphatic imine (C=N–C) groups is 1. The lowest BCUT2D eigenvalue weighted by Gasteiger charge is -2.28. The maximum atomic E-state index is 14.3. The van der Waals surface area contributed by atoms with Crippen LogP contribution in [0.1, 0.15) is 24.5 Å². The number of fused-ring (bicyclic) bond motifs is 2. The van der Waals surface area contributed by atoms with E-state index in [0.29, 0.717) is 43.5 Å². The molecular formula is C31H31N5O3. The number of carbonyl (C=O) groups excluding carboxylic acids is 2. The van der Waals surface area contributed by atoms with Crippen molar-refractivity contribution in [3.63, 3.8) is 0 Å². The molecule has 1 saturated heterocycles. The van der Waals surface area contributed by atoms with Crippen molar-refractivity contribution in [3.8, 4) is 0 Å². The summed E-state index contributed by atoms with van der Waals surface area (Å²) in [5.41, 5.74) is 5.81. The molecule has 5 aliphatic rings. The molecule has 3 aliphatic heterocycles. The molecule has 2 aliphatic carbocycles. The Hall–Kier alpha value is -4.04. The van der Waals surface area contributed by atoms with E-state index in [4.69, 9.17) is 9.72 Å². The second-order valence-corrected chi connectivity index (χ2v) is 11.1. The fraction of sp³-hybridized carbons (Fsp3) is 0.355. The molecule has 2 atom stereocenters. The second kappa shape index (κ2) is 9.31. The third-order valence-electron chi connectivity index (χ3n) is 8.62. The normalized spacial score (nSPS) is 25.7. The van der Waals surface area contributed by atoms with E-state index in [2.05, 4.69) is 33.4 Å². The molecule has 1 aromatic carbocycles. The molecule has 8 heteroatoms. The summed E-state index contributed by atoms with van der Waals surface area (Å²) in [4.78, 5) is 40.9. The van der Waals surface area contributed by atoms with Gasteiger partial charge in [0.25, 0.3) is 11.8 Å². The number of nitrogens with zero attached hydrogens (tertiary/aromatic N) is 4. The number of rotatable bonds is 4. The fourth-order valence-corrected chi connectivity index (χ4v) is 6.56. The van der Waals surface area contributed by atoms with E-state index >= 15 is 0 Å². The van der Waals surface area contributed by atoms with Crippen molar-refractivity contribution in [2.75, 3.05) is 49.2 Å². The minimum absolute atomic E-state index is 0.122. The third-order valence-corrected chi connectivity index (χ3v) is 8.62. The Morgan fingerprint density at radius 3 is 2.82 bits per heavy atom. The predicted molar refractivity (Wildman–Crippen MR) is 151 cm³/mol. The number of morpholine rings is 1. The molecule has 1 spiro atoms. The van der Waals surface area contributed by atoms with Gasteiger partial charge in [0.2, 0.25) is 0 Å². The zero-order valence-corrected chi connectivity index (χ0v) is 22.0. The largest absolute Gasteiger partial charge is 0.378 e. The van der Waals surface area contributed by atoms with Gasteiger partial charge in [0.1, 0.15) is 11.5 Å². The second-order valence-electron chi connectivity index (χ2n) is 11.1. The smallest absolute Gasteiger partial charge is 0.275 e. The van der Waals surface area contributed by atoms with E-state index in [1.807, 2.05) is 36.1 Å². The first-order valence-corrected chi connectivity index (χ1v) is 13.7. The number of hydrogen-bond acceptors (Lipinski definition) is 6. The molecule has 1 saturated carbocycles. The monoisotopic (exact) mass is 521 g/mol. The molecule has 2 aromatic rings. The van der Waals surface area contributed by atoms with Crippen molar-refractivity contribution >= 4 is 35.1 Å². The van der Waals surface area contributed by atoms with E-state index in [-0.39, 0.29) is 17.2 Å². The molecule has 2 unspecified atom stereocenters. The van der Waals surface area contributed by atoms with Crippen molar-refractivity contribution in [3.05, 3.63) is 82.7 Å². The van der Waals surface area contributed by atoms with Gasteiger partial charge in [-0.25, -0.2) is 4.98 Å². The number of nitrogens with one attached hydrogen (secondary N) is 1. The van der Waals surface area contributed by atoms with Crippen molar-refractivity contribution in [2.45, 2.75) is 19.8 Å². The number of amides is 2. The Bertz CT molecular complexity index is 1480. The van der Waals surface area contributed by atoms with Gasteiger partial charge in [-0.05, 0) is 66.7 Å². The predicted octanol–water partition coefficient (Wildman–Crippen LogP) is 3.31. The zero-order chi connectivity index (χ0) is 26.6. The van der Waals surface area contributed by atoms with Crippen LogP contribution in [0.3, 0.4) is 0 Å². The van der Waals surface area contributed by atoms with Crippen LogP contribution >= 0.6 is 0 Å². The first-order chi connectivity index (χ1) is 19.0. The summed E-state index contributed by atoms with van der Waals surface area (Å²) >= 11 is 0. The van der Waals surface area contributed by atoms with Crippen LogP contribution in [-0.4, -0.2) is 62.4 Å². The molecule has 2 fully saturated rings. The van der Waals surface area contributed by atoms with Crippen molar-refractivity contribution < 1.29 is 14.3 Å². The summed E-state index contributed by atoms with van der Waals surface area (Å²) in [6, 6.07) is 12.2. The lowest BCUT2D eigenvalue weighted by molar-refractivity contribution is -0.120. The van der Waals surface area contributed by atoms with Gasteiger partial charge in [0.05, 0.1) is 31.6 Å². The van der Waals surface area contributed by atoms with Crippen LogP contribution in [0.25, 0.3) is 5.57 Å². The molecule has 39 heavy (non-hydrogen) atoms. The molecular weight excluding hydrogens is 490 g/mol. The minimum Gasteiger partial charge on any atom is -0.378 e. The first kappa shape index (κ1) is 24.0. The van der Waals surface area contributed by atoms with E-state index in [9.17, 15) is 9.59 Å². The van der Waals surface area contributed by atoms with Gasteiger partial charge >= 0.3 is 0 Å². The highest BCUT2D eigenvalue weighted by molar-refractivity contribution is 6.16. The molecule has 4 heterocycles. The molecule has 1 N–H and O–H groups in total. The quantitative estimate of drug-likeness (QED) is 0.667.